The van der Waals surface area contributed by atoms with Crippen molar-refractivity contribution in [3.05, 3.63) is 30.3 Å². The summed E-state index contributed by atoms with van der Waals surface area (Å²) in [5.74, 6) is -0.400. The number of para-hydroxylation sites is 1. The van der Waals surface area contributed by atoms with Gasteiger partial charge in [-0.25, -0.2) is 9.37 Å². The van der Waals surface area contributed by atoms with Crippen molar-refractivity contribution in [2.75, 3.05) is 25.1 Å². The summed E-state index contributed by atoms with van der Waals surface area (Å²) in [4.78, 5) is 11.9. The minimum absolute atomic E-state index is 0.303. The monoisotopic (exact) mass is 274 g/mol. The molecule has 1 aliphatic rings. The number of nitrogens with zero attached hydrogens (tertiary/aromatic N) is 2. The molecule has 0 spiro atoms. The zero-order valence-electron chi connectivity index (χ0n) is 11.7. The van der Waals surface area contributed by atoms with Crippen LogP contribution in [0.5, 0.6) is 0 Å². The summed E-state index contributed by atoms with van der Waals surface area (Å²) in [6, 6.07) is 9.53. The van der Waals surface area contributed by atoms with Crippen molar-refractivity contribution in [3.63, 3.8) is 0 Å². The molecular weight excluding hydrogens is 254 g/mol. The molecule has 0 saturated carbocycles. The van der Waals surface area contributed by atoms with Gasteiger partial charge in [-0.1, -0.05) is 18.2 Å². The molecule has 1 fully saturated rings. The first-order valence-electron chi connectivity index (χ1n) is 6.94. The molecule has 0 aromatic heterocycles. The van der Waals surface area contributed by atoms with Crippen LogP contribution in [0, 0.1) is 0 Å². The second kappa shape index (κ2) is 7.43. The van der Waals surface area contributed by atoms with Gasteiger partial charge in [-0.05, 0) is 19.1 Å². The fourth-order valence-corrected chi connectivity index (χ4v) is 2.01. The smallest absolute Gasteiger partial charge is 0.365 e. The van der Waals surface area contributed by atoms with E-state index in [1.165, 1.54) is 0 Å². The van der Waals surface area contributed by atoms with Crippen molar-refractivity contribution in [1.29, 1.82) is 0 Å². The Labute approximate surface area is 119 Å². The number of carbonyl (C=O) groups excluding carboxylic acids is 1. The van der Waals surface area contributed by atoms with Gasteiger partial charge in [0.15, 0.2) is 6.21 Å². The number of anilines is 1. The second-order valence-corrected chi connectivity index (χ2v) is 4.57. The van der Waals surface area contributed by atoms with Crippen LogP contribution in [0.3, 0.4) is 0 Å². The largest absolute Gasteiger partial charge is 0.461 e. The van der Waals surface area contributed by atoms with Crippen LogP contribution in [0.1, 0.15) is 19.8 Å². The molecule has 1 N–H and O–H groups in total. The van der Waals surface area contributed by atoms with E-state index in [4.69, 9.17) is 4.74 Å². The SMILES string of the molecule is CCOC(=O)C(C=[N+]1CCCC1)=NNc1ccccc1. The number of esters is 1. The van der Waals surface area contributed by atoms with Crippen LogP contribution >= 0.6 is 0 Å². The fourth-order valence-electron chi connectivity index (χ4n) is 2.01. The predicted octanol–water partition coefficient (Wildman–Crippen LogP) is 1.89. The van der Waals surface area contributed by atoms with E-state index in [0.29, 0.717) is 12.3 Å². The van der Waals surface area contributed by atoms with Crippen LogP contribution in [-0.2, 0) is 9.53 Å². The lowest BCUT2D eigenvalue weighted by Gasteiger charge is -2.03. The van der Waals surface area contributed by atoms with E-state index in [1.807, 2.05) is 30.3 Å². The normalized spacial score (nSPS) is 15.1. The van der Waals surface area contributed by atoms with Crippen molar-refractivity contribution < 1.29 is 14.1 Å². The Morgan fingerprint density at radius 2 is 2.05 bits per heavy atom. The second-order valence-electron chi connectivity index (χ2n) is 4.57. The topological polar surface area (TPSA) is 53.7 Å². The van der Waals surface area contributed by atoms with Gasteiger partial charge in [0.05, 0.1) is 12.3 Å². The highest BCUT2D eigenvalue weighted by Gasteiger charge is 2.19. The molecule has 5 nitrogen and oxygen atoms in total. The Hall–Kier alpha value is -2.17. The van der Waals surface area contributed by atoms with Crippen LogP contribution < -0.4 is 5.43 Å². The molecule has 20 heavy (non-hydrogen) atoms. The van der Waals surface area contributed by atoms with E-state index in [2.05, 4.69) is 15.1 Å². The lowest BCUT2D eigenvalue weighted by Crippen LogP contribution is -2.25. The van der Waals surface area contributed by atoms with Gasteiger partial charge in [0.2, 0.25) is 5.71 Å². The Bertz CT molecular complexity index is 501. The number of hydrazone groups is 1. The molecule has 106 valence electrons. The number of benzene rings is 1. The van der Waals surface area contributed by atoms with E-state index in [1.54, 1.807) is 13.1 Å². The first-order chi connectivity index (χ1) is 9.79. The highest BCUT2D eigenvalue weighted by Crippen LogP contribution is 2.05. The molecule has 0 aliphatic carbocycles. The van der Waals surface area contributed by atoms with Gasteiger partial charge >= 0.3 is 5.97 Å². The maximum Gasteiger partial charge on any atom is 0.365 e. The number of nitrogens with one attached hydrogen (secondary N) is 1. The maximum absolute atomic E-state index is 11.9. The third-order valence-electron chi connectivity index (χ3n) is 3.01. The number of hydrogen-bond acceptors (Lipinski definition) is 4. The third-order valence-corrected chi connectivity index (χ3v) is 3.01. The molecule has 1 saturated heterocycles. The third kappa shape index (κ3) is 4.19. The van der Waals surface area contributed by atoms with Crippen molar-refractivity contribution in [2.45, 2.75) is 19.8 Å². The molecule has 1 aromatic carbocycles. The van der Waals surface area contributed by atoms with E-state index in [-0.39, 0.29) is 0 Å². The van der Waals surface area contributed by atoms with E-state index < -0.39 is 5.97 Å². The summed E-state index contributed by atoms with van der Waals surface area (Å²) < 4.78 is 7.13. The molecule has 1 heterocycles. The number of ether oxygens (including phenoxy) is 1. The first-order valence-corrected chi connectivity index (χ1v) is 6.94. The Morgan fingerprint density at radius 1 is 1.35 bits per heavy atom. The molecule has 5 heteroatoms. The van der Waals surface area contributed by atoms with Gasteiger partial charge in [-0.2, -0.15) is 5.10 Å². The molecule has 0 unspecified atom stereocenters. The lowest BCUT2D eigenvalue weighted by atomic mass is 10.3. The molecule has 1 aliphatic heterocycles. The summed E-state index contributed by atoms with van der Waals surface area (Å²) in [7, 11) is 0. The molecule has 0 radical (unpaired) electrons. The molecule has 2 rings (SSSR count). The fraction of sp³-hybridized carbons (Fsp3) is 0.400. The number of hydrogen-bond donors (Lipinski definition) is 1. The average molecular weight is 274 g/mol. The van der Waals surface area contributed by atoms with Gasteiger partial charge < -0.3 is 4.74 Å². The first kappa shape index (κ1) is 14.2. The van der Waals surface area contributed by atoms with E-state index >= 15 is 0 Å². The molecule has 0 bridgehead atoms. The summed E-state index contributed by atoms with van der Waals surface area (Å²) in [5, 5.41) is 4.17. The maximum atomic E-state index is 11.9. The molecule has 1 aromatic rings. The highest BCUT2D eigenvalue weighted by atomic mass is 16.5. The van der Waals surface area contributed by atoms with Crippen molar-refractivity contribution in [1.82, 2.24) is 0 Å². The van der Waals surface area contributed by atoms with Gasteiger partial charge in [-0.15, -0.1) is 0 Å². The summed E-state index contributed by atoms with van der Waals surface area (Å²) >= 11 is 0. The lowest BCUT2D eigenvalue weighted by molar-refractivity contribution is -0.499. The predicted molar refractivity (Wildman–Crippen MR) is 79.4 cm³/mol. The zero-order valence-corrected chi connectivity index (χ0v) is 11.7. The van der Waals surface area contributed by atoms with Crippen molar-refractivity contribution in [2.24, 2.45) is 5.10 Å². The van der Waals surface area contributed by atoms with Crippen LogP contribution in [0.15, 0.2) is 35.4 Å². The summed E-state index contributed by atoms with van der Waals surface area (Å²) in [6.07, 6.45) is 4.08. The number of carbonyl (C=O) groups is 1. The quantitative estimate of drug-likeness (QED) is 0.386. The van der Waals surface area contributed by atoms with Crippen LogP contribution in [0.4, 0.5) is 5.69 Å². The minimum Gasteiger partial charge on any atom is -0.461 e. The zero-order chi connectivity index (χ0) is 14.2. The molecular formula is C15H20N3O2+. The van der Waals surface area contributed by atoms with Crippen LogP contribution in [0.25, 0.3) is 0 Å². The van der Waals surface area contributed by atoms with Crippen LogP contribution in [-0.4, -0.2) is 42.2 Å². The molecule has 0 atom stereocenters. The Kier molecular flexibility index (Phi) is 5.29. The highest BCUT2D eigenvalue weighted by molar-refractivity contribution is 6.58. The Morgan fingerprint density at radius 3 is 2.70 bits per heavy atom. The van der Waals surface area contributed by atoms with Crippen molar-refractivity contribution in [3.8, 4) is 0 Å². The number of rotatable bonds is 5. The van der Waals surface area contributed by atoms with E-state index in [9.17, 15) is 4.79 Å². The van der Waals surface area contributed by atoms with Crippen LogP contribution in [0.2, 0.25) is 0 Å². The van der Waals surface area contributed by atoms with Gasteiger partial charge in [0.25, 0.3) is 0 Å². The average Bonchev–Trinajstić information content (AvgIpc) is 2.97. The molecule has 0 amide bonds. The van der Waals surface area contributed by atoms with Gasteiger partial charge in [-0.3, -0.25) is 5.43 Å². The van der Waals surface area contributed by atoms with Crippen molar-refractivity contribution >= 4 is 23.6 Å². The van der Waals surface area contributed by atoms with Gasteiger partial charge in [0, 0.05) is 12.8 Å². The van der Waals surface area contributed by atoms with Gasteiger partial charge in [0.1, 0.15) is 13.1 Å². The minimum atomic E-state index is -0.400. The van der Waals surface area contributed by atoms with E-state index in [0.717, 1.165) is 31.6 Å². The standard InChI is InChI=1S/C15H19N3O2/c1-2-20-15(19)14(12-18-10-6-7-11-18)17-16-13-8-4-3-5-9-13/h3-5,8-9,12H,2,6-7,10-11H2,1H3/p+1. The summed E-state index contributed by atoms with van der Waals surface area (Å²) in [5.41, 5.74) is 4.03. The summed E-state index contributed by atoms with van der Waals surface area (Å²) in [6.45, 7) is 4.06. The Balaban J connectivity index is 2.12.